The van der Waals surface area contributed by atoms with Crippen molar-refractivity contribution in [3.05, 3.63) is 16.3 Å². The third-order valence-electron chi connectivity index (χ3n) is 5.80. The minimum absolute atomic E-state index is 0.0193. The van der Waals surface area contributed by atoms with Crippen LogP contribution in [0.1, 0.15) is 64.6 Å². The molecule has 3 atom stereocenters. The van der Waals surface area contributed by atoms with Crippen LogP contribution in [0.25, 0.3) is 0 Å². The van der Waals surface area contributed by atoms with Gasteiger partial charge in [0.05, 0.1) is 0 Å². The highest BCUT2D eigenvalue weighted by Gasteiger charge is 2.26. The van der Waals surface area contributed by atoms with Crippen molar-refractivity contribution in [3.63, 3.8) is 0 Å². The van der Waals surface area contributed by atoms with Gasteiger partial charge in [-0.1, -0.05) is 13.3 Å². The Labute approximate surface area is 176 Å². The van der Waals surface area contributed by atoms with Crippen molar-refractivity contribution in [2.45, 2.75) is 89.6 Å². The molecular formula is C20H36N6O2S. The summed E-state index contributed by atoms with van der Waals surface area (Å²) in [7, 11) is -0.722. The summed E-state index contributed by atoms with van der Waals surface area (Å²) in [5, 5.41) is 11.6. The van der Waals surface area contributed by atoms with Crippen LogP contribution in [0.2, 0.25) is 0 Å². The number of fused-ring (bicyclic) bond motifs is 1. The maximum Gasteiger partial charge on any atom is 0.345 e. The standard InChI is InChI=1S/C20H36N6O2S/c1-3-21-19(23-16-9-7-10-17(15-16)29(28)4-2)22-12-8-14-26-20(27)25-13-6-5-11-18(25)24-26/h16-17H,3-15H2,1-2H3,(H2,21,22,23). The monoisotopic (exact) mass is 424 g/mol. The van der Waals surface area contributed by atoms with Crippen LogP contribution in [0.4, 0.5) is 0 Å². The molecule has 1 aromatic rings. The van der Waals surface area contributed by atoms with Crippen LogP contribution < -0.4 is 16.3 Å². The Hall–Kier alpha value is -1.64. The summed E-state index contributed by atoms with van der Waals surface area (Å²) in [5.41, 5.74) is 0.0193. The number of aromatic nitrogens is 3. The Bertz CT molecular complexity index is 772. The number of nitrogens with zero attached hydrogens (tertiary/aromatic N) is 4. The van der Waals surface area contributed by atoms with Crippen molar-refractivity contribution in [1.29, 1.82) is 0 Å². The van der Waals surface area contributed by atoms with Gasteiger partial charge in [0, 0.05) is 60.4 Å². The number of hydrogen-bond donors (Lipinski definition) is 2. The second-order valence-corrected chi connectivity index (χ2v) is 9.95. The number of guanidine groups is 1. The van der Waals surface area contributed by atoms with Crippen molar-refractivity contribution in [1.82, 2.24) is 25.0 Å². The second kappa shape index (κ2) is 10.9. The molecule has 2 aliphatic rings. The van der Waals surface area contributed by atoms with E-state index in [0.29, 0.717) is 24.4 Å². The molecule has 0 radical (unpaired) electrons. The first-order valence-corrected chi connectivity index (χ1v) is 12.6. The third kappa shape index (κ3) is 5.93. The molecule has 0 aromatic carbocycles. The molecule has 1 aliphatic heterocycles. The first kappa shape index (κ1) is 22.1. The van der Waals surface area contributed by atoms with Gasteiger partial charge in [-0.2, -0.15) is 5.10 Å². The van der Waals surface area contributed by atoms with Crippen LogP contribution in [0.15, 0.2) is 9.79 Å². The van der Waals surface area contributed by atoms with Crippen LogP contribution in [0.5, 0.6) is 0 Å². The number of aliphatic imine (C=N–C) groups is 1. The normalized spacial score (nSPS) is 23.4. The van der Waals surface area contributed by atoms with Gasteiger partial charge in [0.15, 0.2) is 5.96 Å². The molecule has 1 fully saturated rings. The first-order valence-electron chi connectivity index (χ1n) is 11.2. The lowest BCUT2D eigenvalue weighted by Crippen LogP contribution is -2.46. The van der Waals surface area contributed by atoms with Gasteiger partial charge in [-0.05, 0) is 45.4 Å². The average molecular weight is 425 g/mol. The number of aryl methyl sites for hydroxylation is 2. The SMILES string of the molecule is CCNC(=NCCCn1nc2n(c1=O)CCCC2)NC1CCCC(S(=O)CC)C1. The zero-order chi connectivity index (χ0) is 20.6. The molecule has 164 valence electrons. The third-order valence-corrected chi connectivity index (χ3v) is 7.54. The fourth-order valence-corrected chi connectivity index (χ4v) is 5.62. The highest BCUT2D eigenvalue weighted by Crippen LogP contribution is 2.23. The van der Waals surface area contributed by atoms with Gasteiger partial charge in [-0.25, -0.2) is 9.48 Å². The minimum atomic E-state index is -0.722. The topological polar surface area (TPSA) is 93.3 Å². The predicted molar refractivity (Wildman–Crippen MR) is 118 cm³/mol. The van der Waals surface area contributed by atoms with Crippen LogP contribution in [0.3, 0.4) is 0 Å². The molecule has 3 unspecified atom stereocenters. The van der Waals surface area contributed by atoms with Crippen molar-refractivity contribution in [3.8, 4) is 0 Å². The fraction of sp³-hybridized carbons (Fsp3) is 0.850. The van der Waals surface area contributed by atoms with E-state index in [9.17, 15) is 9.00 Å². The van der Waals surface area contributed by atoms with Crippen molar-refractivity contribution in [2.24, 2.45) is 4.99 Å². The number of hydrogen-bond acceptors (Lipinski definition) is 4. The molecule has 1 aliphatic carbocycles. The van der Waals surface area contributed by atoms with E-state index in [1.54, 1.807) is 4.68 Å². The Morgan fingerprint density at radius 1 is 1.28 bits per heavy atom. The molecule has 0 saturated heterocycles. The van der Waals surface area contributed by atoms with Gasteiger partial charge in [-0.3, -0.25) is 13.8 Å². The maximum absolute atomic E-state index is 12.4. The summed E-state index contributed by atoms with van der Waals surface area (Å²) in [6.07, 6.45) is 8.08. The van der Waals surface area contributed by atoms with E-state index in [4.69, 9.17) is 4.99 Å². The zero-order valence-corrected chi connectivity index (χ0v) is 18.7. The lowest BCUT2D eigenvalue weighted by molar-refractivity contribution is 0.413. The van der Waals surface area contributed by atoms with Crippen molar-refractivity contribution < 1.29 is 4.21 Å². The molecule has 1 saturated carbocycles. The highest BCUT2D eigenvalue weighted by molar-refractivity contribution is 7.85. The lowest BCUT2D eigenvalue weighted by atomic mass is 9.95. The molecule has 2 N–H and O–H groups in total. The smallest absolute Gasteiger partial charge is 0.345 e. The molecule has 8 nitrogen and oxygen atoms in total. The van der Waals surface area contributed by atoms with Gasteiger partial charge < -0.3 is 10.6 Å². The summed E-state index contributed by atoms with van der Waals surface area (Å²) < 4.78 is 15.6. The van der Waals surface area contributed by atoms with Crippen LogP contribution >= 0.6 is 0 Å². The Balaban J connectivity index is 1.51. The summed E-state index contributed by atoms with van der Waals surface area (Å²) >= 11 is 0. The largest absolute Gasteiger partial charge is 0.357 e. The maximum atomic E-state index is 12.4. The fourth-order valence-electron chi connectivity index (χ4n) is 4.27. The lowest BCUT2D eigenvalue weighted by Gasteiger charge is -2.30. The number of nitrogens with one attached hydrogen (secondary N) is 2. The Morgan fingerprint density at radius 2 is 2.14 bits per heavy atom. The molecule has 3 rings (SSSR count). The summed E-state index contributed by atoms with van der Waals surface area (Å²) in [5.74, 6) is 2.48. The van der Waals surface area contributed by atoms with Crippen LogP contribution in [0, 0.1) is 0 Å². The molecule has 9 heteroatoms. The molecule has 1 aromatic heterocycles. The van der Waals surface area contributed by atoms with E-state index in [-0.39, 0.29) is 5.69 Å². The van der Waals surface area contributed by atoms with Gasteiger partial charge in [-0.15, -0.1) is 0 Å². The van der Waals surface area contributed by atoms with Gasteiger partial charge >= 0.3 is 5.69 Å². The molecule has 0 bridgehead atoms. The summed E-state index contributed by atoms with van der Waals surface area (Å²) in [4.78, 5) is 17.1. The summed E-state index contributed by atoms with van der Waals surface area (Å²) in [6.45, 7) is 6.90. The number of rotatable bonds is 8. The molecule has 0 spiro atoms. The van der Waals surface area contributed by atoms with Gasteiger partial charge in [0.2, 0.25) is 0 Å². The molecule has 2 heterocycles. The van der Waals surface area contributed by atoms with E-state index < -0.39 is 10.8 Å². The van der Waals surface area contributed by atoms with E-state index >= 15 is 0 Å². The zero-order valence-electron chi connectivity index (χ0n) is 17.9. The quantitative estimate of drug-likeness (QED) is 0.374. The van der Waals surface area contributed by atoms with Crippen LogP contribution in [-0.2, 0) is 30.3 Å². The molecule has 0 amide bonds. The highest BCUT2D eigenvalue weighted by atomic mass is 32.2. The first-order chi connectivity index (χ1) is 14.1. The van der Waals surface area contributed by atoms with Crippen LogP contribution in [-0.4, -0.2) is 54.7 Å². The predicted octanol–water partition coefficient (Wildman–Crippen LogP) is 1.41. The van der Waals surface area contributed by atoms with Gasteiger partial charge in [0.25, 0.3) is 0 Å². The Morgan fingerprint density at radius 3 is 2.90 bits per heavy atom. The van der Waals surface area contributed by atoms with E-state index in [1.807, 2.05) is 11.5 Å². The van der Waals surface area contributed by atoms with E-state index in [0.717, 1.165) is 82.0 Å². The van der Waals surface area contributed by atoms with Gasteiger partial charge in [0.1, 0.15) is 5.82 Å². The van der Waals surface area contributed by atoms with Crippen molar-refractivity contribution in [2.75, 3.05) is 18.8 Å². The average Bonchev–Trinajstić information content (AvgIpc) is 3.06. The van der Waals surface area contributed by atoms with E-state index in [2.05, 4.69) is 22.7 Å². The minimum Gasteiger partial charge on any atom is -0.357 e. The molecular weight excluding hydrogens is 388 g/mol. The van der Waals surface area contributed by atoms with E-state index in [1.165, 1.54) is 0 Å². The summed E-state index contributed by atoms with van der Waals surface area (Å²) in [6, 6.07) is 0.324. The van der Waals surface area contributed by atoms with Crippen molar-refractivity contribution >= 4 is 16.8 Å². The second-order valence-electron chi connectivity index (χ2n) is 7.94. The Kier molecular flexibility index (Phi) is 8.32. The molecule has 29 heavy (non-hydrogen) atoms.